The number of nitrogens with one attached hydrogen (secondary N) is 2. The summed E-state index contributed by atoms with van der Waals surface area (Å²) in [7, 11) is 0.708. The molecule has 0 saturated heterocycles. The molecule has 2 aromatic rings. The lowest BCUT2D eigenvalue weighted by atomic mass is 9.99. The summed E-state index contributed by atoms with van der Waals surface area (Å²) >= 11 is 0. The van der Waals surface area contributed by atoms with Crippen molar-refractivity contribution in [3.63, 3.8) is 0 Å². The zero-order valence-electron chi connectivity index (χ0n) is 30.1. The van der Waals surface area contributed by atoms with Gasteiger partial charge in [-0.15, -0.1) is 0 Å². The van der Waals surface area contributed by atoms with Crippen LogP contribution in [0.5, 0.6) is 0 Å². The van der Waals surface area contributed by atoms with Crippen LogP contribution in [0.4, 0.5) is 16.2 Å². The summed E-state index contributed by atoms with van der Waals surface area (Å²) in [5, 5.41) is 7.63. The molecule has 0 fully saturated rings. The predicted octanol–water partition coefficient (Wildman–Crippen LogP) is 3.92. The Labute approximate surface area is 298 Å². The third-order valence-electron chi connectivity index (χ3n) is 9.61. The minimum absolute atomic E-state index is 0.0520. The van der Waals surface area contributed by atoms with E-state index < -0.39 is 26.1 Å². The number of aryl methyl sites for hydroxylation is 4. The first-order valence-corrected chi connectivity index (χ1v) is 21.1. The van der Waals surface area contributed by atoms with E-state index >= 15 is 0 Å². The Balaban J connectivity index is 0.000000190. The molecule has 14 heteroatoms. The highest BCUT2D eigenvalue weighted by molar-refractivity contribution is 7.90. The smallest absolute Gasteiger partial charge is 0.309 e. The Morgan fingerprint density at radius 2 is 1.14 bits per heavy atom. The molecule has 4 aliphatic carbocycles. The fourth-order valence-electron chi connectivity index (χ4n) is 7.42. The number of carbonyl (C=O) groups excluding carboxylic acids is 2. The van der Waals surface area contributed by atoms with Crippen LogP contribution in [-0.2, 0) is 76.2 Å². The van der Waals surface area contributed by atoms with E-state index in [2.05, 4.69) is 27.2 Å². The third-order valence-corrected chi connectivity index (χ3v) is 11.8. The van der Waals surface area contributed by atoms with Crippen LogP contribution in [0.1, 0.15) is 83.0 Å². The monoisotopic (exact) mass is 730 g/mol. The van der Waals surface area contributed by atoms with Crippen LogP contribution in [0.2, 0.25) is 0 Å². The standard InChI is InChI=1S/C18H27N3O3S.C13H13NO.C5H14N2O2S/c1-21(2)10-5-11-25(23,24)20-18(22)19-17-15-8-3-6-13(15)12-14-7-4-9-16(14)17;15-8-14-13-11-5-1-3-9(11)7-10-4-2-6-12(10)13;1-7(2)4-3-5-10(6,8)9/h12H,3-11H2,1-2H3,(H2,19,20,22);7H,1-6H2;3-5H2,1-2H3,(H2,6,8,9). The maximum atomic E-state index is 12.3. The first-order chi connectivity index (χ1) is 23.7. The third kappa shape index (κ3) is 11.4. The lowest BCUT2D eigenvalue weighted by Gasteiger charge is -2.16. The number of sulfonamides is 2. The number of urea groups is 1. The fourth-order valence-corrected chi connectivity index (χ4v) is 8.89. The van der Waals surface area contributed by atoms with Gasteiger partial charge in [0.2, 0.25) is 26.1 Å². The van der Waals surface area contributed by atoms with E-state index in [0.717, 1.165) is 82.1 Å². The van der Waals surface area contributed by atoms with Gasteiger partial charge in [0.05, 0.1) is 17.2 Å². The average Bonchev–Trinajstić information content (AvgIpc) is 3.83. The minimum Gasteiger partial charge on any atom is -0.309 e. The molecule has 2 amide bonds. The molecule has 0 aromatic heterocycles. The van der Waals surface area contributed by atoms with Crippen LogP contribution in [-0.4, -0.2) is 91.5 Å². The van der Waals surface area contributed by atoms with Gasteiger partial charge in [-0.3, -0.25) is 0 Å². The Morgan fingerprint density at radius 1 is 0.720 bits per heavy atom. The molecule has 0 heterocycles. The van der Waals surface area contributed by atoms with E-state index in [4.69, 9.17) is 5.14 Å². The SMILES string of the molecule is CN(C)CCCS(=O)(=O)NC(=O)Nc1c2c(cc3c1CCC3)CCC2.CN(C)CCCS(N)(=O)=O.O=C=Nc1c2c(cc3c1CCC3)CCC2. The average molecular weight is 731 g/mol. The molecular weight excluding hydrogens is 677 g/mol. The number of hydrogen-bond donors (Lipinski definition) is 3. The summed E-state index contributed by atoms with van der Waals surface area (Å²) in [5.41, 5.74) is 12.3. The van der Waals surface area contributed by atoms with Gasteiger partial charge in [0, 0.05) is 5.69 Å². The van der Waals surface area contributed by atoms with Crippen molar-refractivity contribution in [3.05, 3.63) is 56.6 Å². The lowest BCUT2D eigenvalue weighted by Crippen LogP contribution is -2.37. The van der Waals surface area contributed by atoms with E-state index in [1.165, 1.54) is 57.3 Å². The van der Waals surface area contributed by atoms with Gasteiger partial charge in [0.25, 0.3) is 0 Å². The maximum absolute atomic E-state index is 12.3. The number of primary sulfonamides is 1. The summed E-state index contributed by atoms with van der Waals surface area (Å²) in [5.74, 6) is 0.0226. The van der Waals surface area contributed by atoms with E-state index in [9.17, 15) is 26.4 Å². The number of anilines is 1. The number of benzene rings is 2. The molecule has 0 radical (unpaired) electrons. The van der Waals surface area contributed by atoms with Gasteiger partial charge in [0.1, 0.15) is 0 Å². The largest absolute Gasteiger partial charge is 0.332 e. The van der Waals surface area contributed by atoms with Crippen molar-refractivity contribution < 1.29 is 26.4 Å². The van der Waals surface area contributed by atoms with Crippen LogP contribution in [0.25, 0.3) is 0 Å². The van der Waals surface area contributed by atoms with E-state index in [0.29, 0.717) is 19.4 Å². The molecule has 0 saturated carbocycles. The highest BCUT2D eigenvalue weighted by Crippen LogP contribution is 2.40. The van der Waals surface area contributed by atoms with E-state index in [-0.39, 0.29) is 11.5 Å². The zero-order valence-corrected chi connectivity index (χ0v) is 31.7. The molecule has 0 bridgehead atoms. The Kier molecular flexibility index (Phi) is 14.2. The van der Waals surface area contributed by atoms with E-state index in [1.54, 1.807) is 6.08 Å². The first kappa shape index (κ1) is 39.7. The normalized spacial score (nSPS) is 15.6. The van der Waals surface area contributed by atoms with Crippen molar-refractivity contribution in [3.8, 4) is 0 Å². The van der Waals surface area contributed by atoms with Crippen molar-refractivity contribution in [2.75, 3.05) is 58.1 Å². The number of rotatable bonds is 11. The number of nitrogens with zero attached hydrogens (tertiary/aromatic N) is 3. The molecule has 276 valence electrons. The molecule has 50 heavy (non-hydrogen) atoms. The molecule has 2 aromatic carbocycles. The summed E-state index contributed by atoms with van der Waals surface area (Å²) in [6, 6.07) is 3.99. The molecule has 0 spiro atoms. The molecule has 4 N–H and O–H groups in total. The number of amides is 2. The summed E-state index contributed by atoms with van der Waals surface area (Å²) in [6.07, 6.45) is 15.9. The predicted molar refractivity (Wildman–Crippen MR) is 199 cm³/mol. The van der Waals surface area contributed by atoms with Gasteiger partial charge in [0.15, 0.2) is 0 Å². The van der Waals surface area contributed by atoms with Crippen LogP contribution >= 0.6 is 0 Å². The summed E-state index contributed by atoms with van der Waals surface area (Å²) < 4.78 is 47.1. The Hall–Kier alpha value is -3.13. The number of hydrogen-bond acceptors (Lipinski definition) is 9. The maximum Gasteiger partial charge on any atom is 0.332 e. The second-order valence-electron chi connectivity index (χ2n) is 14.2. The number of fused-ring (bicyclic) bond motifs is 4. The van der Waals surface area contributed by atoms with Gasteiger partial charge < -0.3 is 15.1 Å². The Bertz CT molecular complexity index is 1740. The number of nitrogens with two attached hydrogens (primary N) is 1. The number of carbonyl (C=O) groups is 1. The first-order valence-electron chi connectivity index (χ1n) is 17.7. The van der Waals surface area contributed by atoms with E-state index in [1.807, 2.05) is 38.0 Å². The highest BCUT2D eigenvalue weighted by Gasteiger charge is 2.26. The molecule has 0 unspecified atom stereocenters. The van der Waals surface area contributed by atoms with Gasteiger partial charge in [-0.1, -0.05) is 12.1 Å². The molecule has 0 atom stereocenters. The topological polar surface area (TPSA) is 171 Å². The van der Waals surface area contributed by atoms with Crippen molar-refractivity contribution in [1.82, 2.24) is 14.5 Å². The van der Waals surface area contributed by atoms with Crippen molar-refractivity contribution in [1.29, 1.82) is 0 Å². The van der Waals surface area contributed by atoms with Crippen LogP contribution < -0.4 is 15.2 Å². The number of isocyanates is 1. The fraction of sp³-hybridized carbons (Fsp3) is 0.611. The van der Waals surface area contributed by atoms with Crippen molar-refractivity contribution >= 4 is 43.5 Å². The minimum atomic E-state index is -3.61. The summed E-state index contributed by atoms with van der Waals surface area (Å²) in [6.45, 7) is 1.43. The second-order valence-corrected chi connectivity index (χ2v) is 17.8. The van der Waals surface area contributed by atoms with Gasteiger partial charge >= 0.3 is 6.03 Å². The number of aliphatic imine (C=N–C) groups is 1. The van der Waals surface area contributed by atoms with Crippen molar-refractivity contribution in [2.24, 2.45) is 10.1 Å². The molecule has 4 aliphatic rings. The summed E-state index contributed by atoms with van der Waals surface area (Å²) in [4.78, 5) is 30.6. The quantitative estimate of drug-likeness (QED) is 0.231. The second kappa shape index (κ2) is 17.9. The molecule has 12 nitrogen and oxygen atoms in total. The van der Waals surface area contributed by atoms with Gasteiger partial charge in [-0.05, 0) is 176 Å². The van der Waals surface area contributed by atoms with Crippen LogP contribution in [0.15, 0.2) is 17.1 Å². The molecule has 6 rings (SSSR count). The molecular formula is C36H54N6O6S2. The lowest BCUT2D eigenvalue weighted by molar-refractivity contribution is 0.256. The Morgan fingerprint density at radius 3 is 1.56 bits per heavy atom. The highest BCUT2D eigenvalue weighted by atomic mass is 32.2. The zero-order chi connectivity index (χ0) is 36.5. The van der Waals surface area contributed by atoms with Crippen molar-refractivity contribution in [2.45, 2.75) is 89.9 Å². The van der Waals surface area contributed by atoms with Crippen LogP contribution in [0, 0.1) is 0 Å². The molecule has 0 aliphatic heterocycles. The van der Waals surface area contributed by atoms with Gasteiger partial charge in [-0.2, -0.15) is 4.99 Å². The van der Waals surface area contributed by atoms with Gasteiger partial charge in [-0.25, -0.2) is 36.3 Å². The van der Waals surface area contributed by atoms with Crippen LogP contribution in [0.3, 0.4) is 0 Å².